The molecule has 1 saturated carbocycles. The van der Waals surface area contributed by atoms with Gasteiger partial charge in [0.2, 0.25) is 5.82 Å². The van der Waals surface area contributed by atoms with Crippen molar-refractivity contribution in [1.82, 2.24) is 10.6 Å². The zero-order chi connectivity index (χ0) is 18.0. The number of hydrogen-bond donors (Lipinski definition) is 3. The van der Waals surface area contributed by atoms with Crippen molar-refractivity contribution in [2.75, 3.05) is 20.2 Å². The average molecular weight is 354 g/mol. The molecule has 25 heavy (non-hydrogen) atoms. The fourth-order valence-electron chi connectivity index (χ4n) is 3.84. The van der Waals surface area contributed by atoms with Crippen LogP contribution in [-0.2, 0) is 0 Å². The number of amides is 1. The molecule has 138 valence electrons. The highest BCUT2D eigenvalue weighted by atomic mass is 19.2. The zero-order valence-corrected chi connectivity index (χ0v) is 14.2. The second kappa shape index (κ2) is 7.66. The van der Waals surface area contributed by atoms with Crippen molar-refractivity contribution >= 4 is 5.91 Å². The molecule has 0 bridgehead atoms. The predicted molar refractivity (Wildman–Crippen MR) is 88.5 cm³/mol. The van der Waals surface area contributed by atoms with Gasteiger partial charge in [0, 0.05) is 6.04 Å². The lowest BCUT2D eigenvalue weighted by Gasteiger charge is -2.43. The number of halogens is 2. The third-order valence-corrected chi connectivity index (χ3v) is 5.36. The molecule has 1 aromatic carbocycles. The largest absolute Gasteiger partial charge is 0.494 e. The summed E-state index contributed by atoms with van der Waals surface area (Å²) in [5.41, 5.74) is -0.322. The third kappa shape index (κ3) is 3.77. The van der Waals surface area contributed by atoms with E-state index in [1.165, 1.54) is 19.2 Å². The first-order valence-corrected chi connectivity index (χ1v) is 8.73. The van der Waals surface area contributed by atoms with E-state index in [4.69, 9.17) is 4.74 Å². The van der Waals surface area contributed by atoms with Crippen molar-refractivity contribution in [2.45, 2.75) is 37.8 Å². The van der Waals surface area contributed by atoms with Crippen LogP contribution in [0.2, 0.25) is 0 Å². The summed E-state index contributed by atoms with van der Waals surface area (Å²) in [6, 6.07) is 2.35. The molecule has 3 N–H and O–H groups in total. The number of aliphatic hydroxyl groups is 1. The highest BCUT2D eigenvalue weighted by Gasteiger charge is 2.39. The quantitative estimate of drug-likeness (QED) is 0.755. The fraction of sp³-hybridized carbons (Fsp3) is 0.611. The first kappa shape index (κ1) is 18.1. The molecule has 7 heteroatoms. The van der Waals surface area contributed by atoms with E-state index in [1.54, 1.807) is 0 Å². The van der Waals surface area contributed by atoms with Crippen LogP contribution in [0.3, 0.4) is 0 Å². The van der Waals surface area contributed by atoms with Crippen LogP contribution in [0.1, 0.15) is 36.0 Å². The molecule has 1 atom stereocenters. The lowest BCUT2D eigenvalue weighted by atomic mass is 9.71. The minimum atomic E-state index is -1.20. The molecule has 0 aromatic heterocycles. The first-order chi connectivity index (χ1) is 12.0. The van der Waals surface area contributed by atoms with E-state index in [0.29, 0.717) is 12.8 Å². The standard InChI is InChI=1S/C18H24F2N2O3/c1-25-14-3-2-13(15(19)16(14)20)18(24)22-17(11-8-12(23)9-11)10-4-6-21-7-5-10/h2-3,10-12,17,21,23H,4-9H2,1H3,(H,22,24)/t11?,12?,17-/m0/s1. The lowest BCUT2D eigenvalue weighted by Crippen LogP contribution is -2.53. The Balaban J connectivity index is 1.77. The predicted octanol–water partition coefficient (Wildman–Crippen LogP) is 1.84. The number of methoxy groups -OCH3 is 1. The minimum Gasteiger partial charge on any atom is -0.494 e. The van der Waals surface area contributed by atoms with Gasteiger partial charge in [0.05, 0.1) is 18.8 Å². The molecule has 1 saturated heterocycles. The fourth-order valence-corrected chi connectivity index (χ4v) is 3.84. The van der Waals surface area contributed by atoms with E-state index in [0.717, 1.165) is 25.9 Å². The Morgan fingerprint density at radius 2 is 1.92 bits per heavy atom. The Morgan fingerprint density at radius 1 is 1.24 bits per heavy atom. The van der Waals surface area contributed by atoms with Gasteiger partial charge >= 0.3 is 0 Å². The smallest absolute Gasteiger partial charge is 0.254 e. The Kier molecular flexibility index (Phi) is 5.54. The summed E-state index contributed by atoms with van der Waals surface area (Å²) >= 11 is 0. The van der Waals surface area contributed by atoms with Crippen LogP contribution in [0.5, 0.6) is 5.75 Å². The van der Waals surface area contributed by atoms with Gasteiger partial charge in [0.15, 0.2) is 11.6 Å². The van der Waals surface area contributed by atoms with Crippen LogP contribution in [0.15, 0.2) is 12.1 Å². The summed E-state index contributed by atoms with van der Waals surface area (Å²) < 4.78 is 32.8. The second-order valence-electron chi connectivity index (χ2n) is 6.92. The number of piperidine rings is 1. The van der Waals surface area contributed by atoms with Gasteiger partial charge in [-0.1, -0.05) is 0 Å². The normalized spacial score (nSPS) is 25.1. The Labute approximate surface area is 145 Å². The van der Waals surface area contributed by atoms with E-state index in [1.807, 2.05) is 0 Å². The van der Waals surface area contributed by atoms with Crippen molar-refractivity contribution in [3.8, 4) is 5.75 Å². The summed E-state index contributed by atoms with van der Waals surface area (Å²) in [7, 11) is 1.24. The molecule has 1 amide bonds. The minimum absolute atomic E-state index is 0.137. The highest BCUT2D eigenvalue weighted by molar-refractivity contribution is 5.94. The topological polar surface area (TPSA) is 70.6 Å². The van der Waals surface area contributed by atoms with Crippen molar-refractivity contribution in [2.24, 2.45) is 11.8 Å². The van der Waals surface area contributed by atoms with Crippen molar-refractivity contribution in [3.63, 3.8) is 0 Å². The number of carbonyl (C=O) groups excluding carboxylic acids is 1. The van der Waals surface area contributed by atoms with Gasteiger partial charge in [-0.05, 0) is 62.7 Å². The average Bonchev–Trinajstić information content (AvgIpc) is 2.60. The van der Waals surface area contributed by atoms with E-state index in [-0.39, 0.29) is 35.3 Å². The van der Waals surface area contributed by atoms with Crippen molar-refractivity contribution in [3.05, 3.63) is 29.3 Å². The van der Waals surface area contributed by atoms with Crippen LogP contribution in [0, 0.1) is 23.5 Å². The molecule has 2 aliphatic rings. The molecule has 3 rings (SSSR count). The molecule has 0 spiro atoms. The van der Waals surface area contributed by atoms with Gasteiger partial charge in [-0.15, -0.1) is 0 Å². The number of nitrogens with one attached hydrogen (secondary N) is 2. The second-order valence-corrected chi connectivity index (χ2v) is 6.92. The van der Waals surface area contributed by atoms with Gasteiger partial charge in [0.1, 0.15) is 0 Å². The molecular formula is C18H24F2N2O3. The van der Waals surface area contributed by atoms with Gasteiger partial charge in [-0.25, -0.2) is 4.39 Å². The molecule has 2 fully saturated rings. The molecule has 0 unspecified atom stereocenters. The molecular weight excluding hydrogens is 330 g/mol. The molecule has 1 aliphatic carbocycles. The SMILES string of the molecule is COc1ccc(C(=O)N[C@@H](C2CCNCC2)C2CC(O)C2)c(F)c1F. The number of ether oxygens (including phenoxy) is 1. The van der Waals surface area contributed by atoms with Crippen LogP contribution in [-0.4, -0.2) is 43.4 Å². The molecule has 1 aromatic rings. The van der Waals surface area contributed by atoms with E-state index >= 15 is 0 Å². The first-order valence-electron chi connectivity index (χ1n) is 8.73. The van der Waals surface area contributed by atoms with Gasteiger partial charge < -0.3 is 20.5 Å². The van der Waals surface area contributed by atoms with Gasteiger partial charge in [-0.3, -0.25) is 4.79 Å². The molecule has 1 aliphatic heterocycles. The molecule has 0 radical (unpaired) electrons. The Hall–Kier alpha value is -1.73. The maximum absolute atomic E-state index is 14.2. The van der Waals surface area contributed by atoms with Crippen molar-refractivity contribution in [1.29, 1.82) is 0 Å². The Morgan fingerprint density at radius 3 is 2.52 bits per heavy atom. The van der Waals surface area contributed by atoms with E-state index in [2.05, 4.69) is 10.6 Å². The van der Waals surface area contributed by atoms with Crippen LogP contribution in [0.25, 0.3) is 0 Å². The monoisotopic (exact) mass is 354 g/mol. The summed E-state index contributed by atoms with van der Waals surface area (Å²) in [4.78, 5) is 12.6. The number of rotatable bonds is 5. The summed E-state index contributed by atoms with van der Waals surface area (Å²) in [5, 5.41) is 15.8. The van der Waals surface area contributed by atoms with Crippen LogP contribution in [0.4, 0.5) is 8.78 Å². The summed E-state index contributed by atoms with van der Waals surface area (Å²) in [6.07, 6.45) is 2.76. The van der Waals surface area contributed by atoms with E-state index < -0.39 is 17.5 Å². The number of carbonyl (C=O) groups is 1. The summed E-state index contributed by atoms with van der Waals surface area (Å²) in [6.45, 7) is 1.75. The number of hydrogen-bond acceptors (Lipinski definition) is 4. The maximum atomic E-state index is 14.2. The third-order valence-electron chi connectivity index (χ3n) is 5.36. The zero-order valence-electron chi connectivity index (χ0n) is 14.2. The molecule has 1 heterocycles. The number of benzene rings is 1. The molecule has 5 nitrogen and oxygen atoms in total. The lowest BCUT2D eigenvalue weighted by molar-refractivity contribution is 0.00913. The van der Waals surface area contributed by atoms with Crippen LogP contribution >= 0.6 is 0 Å². The highest BCUT2D eigenvalue weighted by Crippen LogP contribution is 2.36. The maximum Gasteiger partial charge on any atom is 0.254 e. The van der Waals surface area contributed by atoms with Crippen molar-refractivity contribution < 1.29 is 23.4 Å². The van der Waals surface area contributed by atoms with E-state index in [9.17, 15) is 18.7 Å². The summed E-state index contributed by atoms with van der Waals surface area (Å²) in [5.74, 6) is -2.76. The van der Waals surface area contributed by atoms with Gasteiger partial charge in [0.25, 0.3) is 5.91 Å². The van der Waals surface area contributed by atoms with Gasteiger partial charge in [-0.2, -0.15) is 4.39 Å². The van der Waals surface area contributed by atoms with Crippen LogP contribution < -0.4 is 15.4 Å². The number of aliphatic hydroxyl groups excluding tert-OH is 1. The Bertz CT molecular complexity index is 629.